The first-order valence-corrected chi connectivity index (χ1v) is 5.16. The molecular formula is C12H12FNO3. The van der Waals surface area contributed by atoms with Gasteiger partial charge in [0.15, 0.2) is 5.78 Å². The van der Waals surface area contributed by atoms with Crippen molar-refractivity contribution in [3.05, 3.63) is 29.6 Å². The molecule has 1 aromatic rings. The minimum absolute atomic E-state index is 0.105. The fourth-order valence-corrected chi connectivity index (χ4v) is 2.09. The maximum absolute atomic E-state index is 13.8. The van der Waals surface area contributed by atoms with Gasteiger partial charge in [0.2, 0.25) is 5.91 Å². The van der Waals surface area contributed by atoms with Gasteiger partial charge in [-0.05, 0) is 19.1 Å². The van der Waals surface area contributed by atoms with Gasteiger partial charge < -0.3 is 10.0 Å². The van der Waals surface area contributed by atoms with Crippen molar-refractivity contribution in [3.63, 3.8) is 0 Å². The average molecular weight is 237 g/mol. The molecule has 1 heterocycles. The highest BCUT2D eigenvalue weighted by Crippen LogP contribution is 2.37. The van der Waals surface area contributed by atoms with Crippen LogP contribution in [-0.4, -0.2) is 28.7 Å². The Labute approximate surface area is 97.7 Å². The number of halogens is 1. The van der Waals surface area contributed by atoms with Crippen LogP contribution in [0.15, 0.2) is 18.2 Å². The van der Waals surface area contributed by atoms with E-state index in [-0.39, 0.29) is 29.4 Å². The fraction of sp³-hybridized carbons (Fsp3) is 0.333. The van der Waals surface area contributed by atoms with Gasteiger partial charge in [0.05, 0.1) is 6.42 Å². The van der Waals surface area contributed by atoms with Gasteiger partial charge in [-0.3, -0.25) is 9.59 Å². The topological polar surface area (TPSA) is 57.6 Å². The zero-order valence-electron chi connectivity index (χ0n) is 9.53. The van der Waals surface area contributed by atoms with E-state index in [9.17, 15) is 14.0 Å². The number of Topliss-reactive ketones (excluding diaryl/α,β-unsaturated/α-hetero) is 1. The summed E-state index contributed by atoms with van der Waals surface area (Å²) in [5.41, 5.74) is -1.18. The second-order valence-corrected chi connectivity index (χ2v) is 4.29. The number of nitrogens with zero attached hydrogens (tertiary/aromatic N) is 1. The predicted molar refractivity (Wildman–Crippen MR) is 57.8 cm³/mol. The Kier molecular flexibility index (Phi) is 2.41. The van der Waals surface area contributed by atoms with E-state index in [0.29, 0.717) is 0 Å². The number of benzene rings is 1. The highest BCUT2D eigenvalue weighted by molar-refractivity contribution is 6.10. The fourth-order valence-electron chi connectivity index (χ4n) is 2.09. The van der Waals surface area contributed by atoms with Crippen molar-refractivity contribution in [1.82, 2.24) is 4.90 Å². The third-order valence-corrected chi connectivity index (χ3v) is 3.38. The number of carbonyl (C=O) groups excluding carboxylic acids is 2. The molecule has 1 fully saturated rings. The van der Waals surface area contributed by atoms with Crippen LogP contribution in [0.2, 0.25) is 0 Å². The standard InChI is InChI=1S/C12H12FNO3/c1-12(10(16)6-11(17)14(12)2)8-4-3-7(15)5-9(8)13/h3-5,15H,6H2,1-2H3. The van der Waals surface area contributed by atoms with E-state index in [2.05, 4.69) is 0 Å². The quantitative estimate of drug-likeness (QED) is 0.746. The van der Waals surface area contributed by atoms with Gasteiger partial charge in [0.25, 0.3) is 0 Å². The summed E-state index contributed by atoms with van der Waals surface area (Å²) < 4.78 is 13.8. The monoisotopic (exact) mass is 237 g/mol. The van der Waals surface area contributed by atoms with Crippen molar-refractivity contribution in [3.8, 4) is 5.75 Å². The summed E-state index contributed by atoms with van der Waals surface area (Å²) in [6, 6.07) is 3.57. The number of likely N-dealkylation sites (N-methyl/N-ethyl adjacent to an activating group) is 1. The molecule has 17 heavy (non-hydrogen) atoms. The minimum atomic E-state index is -1.28. The number of amides is 1. The molecule has 1 aliphatic rings. The Morgan fingerprint density at radius 1 is 1.41 bits per heavy atom. The summed E-state index contributed by atoms with van der Waals surface area (Å²) in [5, 5.41) is 9.14. The Morgan fingerprint density at radius 3 is 2.53 bits per heavy atom. The largest absolute Gasteiger partial charge is 0.508 e. The van der Waals surface area contributed by atoms with Crippen molar-refractivity contribution in [1.29, 1.82) is 0 Å². The Bertz CT molecular complexity index is 514. The Morgan fingerprint density at radius 2 is 2.06 bits per heavy atom. The molecule has 1 saturated heterocycles. The van der Waals surface area contributed by atoms with Gasteiger partial charge in [-0.1, -0.05) is 0 Å². The van der Waals surface area contributed by atoms with Crippen molar-refractivity contribution >= 4 is 11.7 Å². The average Bonchev–Trinajstić information content (AvgIpc) is 2.43. The normalized spacial score (nSPS) is 24.5. The van der Waals surface area contributed by atoms with Crippen LogP contribution in [-0.2, 0) is 15.1 Å². The van der Waals surface area contributed by atoms with Crippen LogP contribution in [0.3, 0.4) is 0 Å². The molecule has 90 valence electrons. The molecule has 1 atom stereocenters. The van der Waals surface area contributed by atoms with E-state index in [0.717, 1.165) is 6.07 Å². The highest BCUT2D eigenvalue weighted by atomic mass is 19.1. The summed E-state index contributed by atoms with van der Waals surface area (Å²) in [4.78, 5) is 24.6. The molecule has 1 aliphatic heterocycles. The van der Waals surface area contributed by atoms with E-state index in [4.69, 9.17) is 5.11 Å². The lowest BCUT2D eigenvalue weighted by Crippen LogP contribution is -2.42. The van der Waals surface area contributed by atoms with E-state index >= 15 is 0 Å². The van der Waals surface area contributed by atoms with Crippen LogP contribution in [0.4, 0.5) is 4.39 Å². The Hall–Kier alpha value is -1.91. The molecule has 2 rings (SSSR count). The summed E-state index contributed by atoms with van der Waals surface area (Å²) in [6.07, 6.45) is -0.215. The molecule has 0 aromatic heterocycles. The lowest BCUT2D eigenvalue weighted by Gasteiger charge is -2.31. The second-order valence-electron chi connectivity index (χ2n) is 4.29. The lowest BCUT2D eigenvalue weighted by molar-refractivity contribution is -0.130. The molecule has 5 heteroatoms. The predicted octanol–water partition coefficient (Wildman–Crippen LogP) is 1.18. The van der Waals surface area contributed by atoms with Gasteiger partial charge in [-0.25, -0.2) is 4.39 Å². The molecule has 0 spiro atoms. The number of ketones is 1. The van der Waals surface area contributed by atoms with Gasteiger partial charge >= 0.3 is 0 Å². The second kappa shape index (κ2) is 3.55. The van der Waals surface area contributed by atoms with Crippen LogP contribution in [0, 0.1) is 5.82 Å². The molecule has 0 saturated carbocycles. The van der Waals surface area contributed by atoms with Crippen LogP contribution >= 0.6 is 0 Å². The molecule has 0 bridgehead atoms. The number of rotatable bonds is 1. The zero-order valence-corrected chi connectivity index (χ0v) is 9.53. The van der Waals surface area contributed by atoms with E-state index in [1.165, 1.54) is 31.0 Å². The molecule has 0 aliphatic carbocycles. The first-order valence-electron chi connectivity index (χ1n) is 5.16. The summed E-state index contributed by atoms with van der Waals surface area (Å²) in [6.45, 7) is 1.51. The zero-order chi connectivity index (χ0) is 12.8. The van der Waals surface area contributed by atoms with Gasteiger partial charge in [-0.2, -0.15) is 0 Å². The minimum Gasteiger partial charge on any atom is -0.508 e. The number of carbonyl (C=O) groups is 2. The molecule has 4 nitrogen and oxygen atoms in total. The molecule has 1 aromatic carbocycles. The van der Waals surface area contributed by atoms with E-state index < -0.39 is 11.4 Å². The van der Waals surface area contributed by atoms with Crippen molar-refractivity contribution in [2.45, 2.75) is 18.9 Å². The maximum Gasteiger partial charge on any atom is 0.230 e. The molecule has 1 amide bonds. The van der Waals surface area contributed by atoms with E-state index in [1.54, 1.807) is 0 Å². The molecule has 1 unspecified atom stereocenters. The van der Waals surface area contributed by atoms with Crippen molar-refractivity contribution < 1.29 is 19.1 Å². The van der Waals surface area contributed by atoms with Crippen LogP contribution < -0.4 is 0 Å². The van der Waals surface area contributed by atoms with Crippen molar-refractivity contribution in [2.24, 2.45) is 0 Å². The number of hydrogen-bond donors (Lipinski definition) is 1. The number of likely N-dealkylation sites (tertiary alicyclic amines) is 1. The molecule has 1 N–H and O–H groups in total. The smallest absolute Gasteiger partial charge is 0.230 e. The number of phenols is 1. The van der Waals surface area contributed by atoms with Gasteiger partial charge in [0, 0.05) is 18.7 Å². The van der Waals surface area contributed by atoms with Crippen LogP contribution in [0.1, 0.15) is 18.9 Å². The number of hydrogen-bond acceptors (Lipinski definition) is 3. The first kappa shape index (κ1) is 11.6. The van der Waals surface area contributed by atoms with Crippen molar-refractivity contribution in [2.75, 3.05) is 7.05 Å². The maximum atomic E-state index is 13.8. The highest BCUT2D eigenvalue weighted by Gasteiger charge is 2.49. The Balaban J connectivity index is 2.58. The third kappa shape index (κ3) is 1.50. The van der Waals surface area contributed by atoms with Gasteiger partial charge in [0.1, 0.15) is 17.1 Å². The molecule has 0 radical (unpaired) electrons. The third-order valence-electron chi connectivity index (χ3n) is 3.38. The van der Waals surface area contributed by atoms with Gasteiger partial charge in [-0.15, -0.1) is 0 Å². The van der Waals surface area contributed by atoms with E-state index in [1.807, 2.05) is 0 Å². The summed E-state index contributed by atoms with van der Waals surface area (Å²) >= 11 is 0. The lowest BCUT2D eigenvalue weighted by atomic mass is 9.88. The van der Waals surface area contributed by atoms with Crippen LogP contribution in [0.5, 0.6) is 5.75 Å². The van der Waals surface area contributed by atoms with Crippen LogP contribution in [0.25, 0.3) is 0 Å². The number of aromatic hydroxyl groups is 1. The summed E-state index contributed by atoms with van der Waals surface area (Å²) in [7, 11) is 1.47. The molecular weight excluding hydrogens is 225 g/mol. The first-order chi connectivity index (χ1) is 7.87. The number of phenolic OH excluding ortho intramolecular Hbond substituents is 1. The SMILES string of the molecule is CN1C(=O)CC(=O)C1(C)c1ccc(O)cc1F. The summed E-state index contributed by atoms with van der Waals surface area (Å²) in [5.74, 6) is -1.57.